The summed E-state index contributed by atoms with van der Waals surface area (Å²) in [5, 5.41) is 0.841. The maximum absolute atomic E-state index is 13.8. The number of aryl methyl sites for hydroxylation is 1. The first kappa shape index (κ1) is 31.5. The molecular weight excluding hydrogens is 698 g/mol. The molecule has 0 fully saturated rings. The first-order valence-electron chi connectivity index (χ1n) is 14.0. The highest BCUT2D eigenvalue weighted by Crippen LogP contribution is 2.37. The molecule has 0 spiro atoms. The number of ether oxygens (including phenoxy) is 1. The number of hydrogen-bond acceptors (Lipinski definition) is 6. The fraction of sp³-hybridized carbons (Fsp3) is 0.114. The molecule has 11 heteroatoms. The number of rotatable bonds is 8. The molecule has 0 N–H and O–H groups in total. The Kier molecular flexibility index (Phi) is 8.74. The first-order valence-corrected chi connectivity index (χ1v) is 15.7. The second-order valence-corrected chi connectivity index (χ2v) is 12.1. The monoisotopic (exact) mass is 718 g/mol. The number of Topliss-reactive ketones (excluding diaryl/α,β-unsaturated/α-hetero) is 1. The zero-order valence-corrected chi connectivity index (χ0v) is 27.1. The molecule has 0 saturated carbocycles. The summed E-state index contributed by atoms with van der Waals surface area (Å²) >= 11 is 15.9. The van der Waals surface area contributed by atoms with E-state index in [0.717, 1.165) is 17.0 Å². The average Bonchev–Trinajstić information content (AvgIpc) is 3.32. The van der Waals surface area contributed by atoms with Crippen molar-refractivity contribution in [1.82, 2.24) is 4.98 Å². The molecule has 230 valence electrons. The van der Waals surface area contributed by atoms with Crippen molar-refractivity contribution in [1.29, 1.82) is 0 Å². The predicted octanol–water partition coefficient (Wildman–Crippen LogP) is 8.60. The van der Waals surface area contributed by atoms with Crippen LogP contribution in [0, 0.1) is 12.7 Å². The van der Waals surface area contributed by atoms with E-state index in [-0.39, 0.29) is 23.4 Å². The van der Waals surface area contributed by atoms with E-state index >= 15 is 0 Å². The fourth-order valence-electron chi connectivity index (χ4n) is 5.32. The molecule has 2 heterocycles. The average molecular weight is 720 g/mol. The molecule has 0 aliphatic carbocycles. The molecule has 0 saturated heterocycles. The van der Waals surface area contributed by atoms with Gasteiger partial charge in [0, 0.05) is 33.3 Å². The number of carbonyl (C=O) groups excluding carboxylic acids is 4. The lowest BCUT2D eigenvalue weighted by molar-refractivity contribution is 0.0280. The third kappa shape index (κ3) is 5.70. The van der Waals surface area contributed by atoms with Gasteiger partial charge in [-0.2, -0.15) is 0 Å². The molecule has 2 amide bonds. The van der Waals surface area contributed by atoms with Crippen LogP contribution >= 0.6 is 39.1 Å². The third-order valence-electron chi connectivity index (χ3n) is 7.70. The van der Waals surface area contributed by atoms with Crippen molar-refractivity contribution in [3.8, 4) is 11.3 Å². The maximum Gasteiger partial charge on any atom is 0.339 e. The summed E-state index contributed by atoms with van der Waals surface area (Å²) in [5.74, 6) is -2.62. The lowest BCUT2D eigenvalue weighted by atomic mass is 10.0. The van der Waals surface area contributed by atoms with Crippen LogP contribution in [0.3, 0.4) is 0 Å². The number of hydrogen-bond donors (Lipinski definition) is 0. The van der Waals surface area contributed by atoms with Crippen LogP contribution in [-0.2, 0) is 4.74 Å². The van der Waals surface area contributed by atoms with Gasteiger partial charge < -0.3 is 4.74 Å². The number of alkyl halides is 1. The predicted molar refractivity (Wildman–Crippen MR) is 177 cm³/mol. The molecule has 1 aliphatic heterocycles. The number of imide groups is 1. The minimum Gasteiger partial charge on any atom is -0.450 e. The van der Waals surface area contributed by atoms with Gasteiger partial charge >= 0.3 is 5.97 Å². The molecule has 1 aromatic heterocycles. The summed E-state index contributed by atoms with van der Waals surface area (Å²) in [6.45, 7) is 1.76. The number of pyridine rings is 1. The summed E-state index contributed by atoms with van der Waals surface area (Å²) in [6.07, 6.45) is -1.19. The minimum absolute atomic E-state index is 0.0347. The highest BCUT2D eigenvalue weighted by atomic mass is 79.9. The van der Waals surface area contributed by atoms with E-state index < -0.39 is 35.5 Å². The Bertz CT molecular complexity index is 2030. The van der Waals surface area contributed by atoms with E-state index in [2.05, 4.69) is 15.9 Å². The second kappa shape index (κ2) is 12.7. The molecule has 6 rings (SSSR count). The van der Waals surface area contributed by atoms with Crippen molar-refractivity contribution in [2.24, 2.45) is 0 Å². The van der Waals surface area contributed by atoms with Crippen LogP contribution in [-0.4, -0.2) is 40.5 Å². The van der Waals surface area contributed by atoms with E-state index in [9.17, 15) is 23.6 Å². The number of nitrogens with zero attached hydrogens (tertiary/aromatic N) is 2. The standard InChI is InChI=1S/C35H22BrCl2FN2O5/c1-18-30(38)27(36)16-25-26(35(45)46-29(14-15-37)32(42)20-6-10-21(39)11-7-20)17-28(40-31(18)25)19-8-12-22(13-9-19)41-33(43)23-4-2-3-5-24(23)34(41)44/h2-13,16-17,29H,14-15H2,1H3. The van der Waals surface area contributed by atoms with E-state index in [1.54, 1.807) is 67.6 Å². The summed E-state index contributed by atoms with van der Waals surface area (Å²) < 4.78 is 19.8. The van der Waals surface area contributed by atoms with Gasteiger partial charge in [0.15, 0.2) is 6.10 Å². The second-order valence-electron chi connectivity index (χ2n) is 10.5. The first-order chi connectivity index (χ1) is 22.1. The van der Waals surface area contributed by atoms with Crippen LogP contribution in [0.1, 0.15) is 53.4 Å². The number of amides is 2. The summed E-state index contributed by atoms with van der Waals surface area (Å²) in [7, 11) is 0. The van der Waals surface area contributed by atoms with Crippen LogP contribution < -0.4 is 4.90 Å². The van der Waals surface area contributed by atoms with Crippen LogP contribution in [0.2, 0.25) is 5.02 Å². The molecular formula is C35H22BrCl2FN2O5. The van der Waals surface area contributed by atoms with Gasteiger partial charge in [-0.15, -0.1) is 11.6 Å². The van der Waals surface area contributed by atoms with Crippen LogP contribution in [0.4, 0.5) is 10.1 Å². The largest absolute Gasteiger partial charge is 0.450 e. The molecule has 1 atom stereocenters. The number of esters is 1. The zero-order valence-electron chi connectivity index (χ0n) is 24.0. The Morgan fingerprint density at radius 3 is 2.20 bits per heavy atom. The van der Waals surface area contributed by atoms with Crippen LogP contribution in [0.15, 0.2) is 89.4 Å². The number of carbonyl (C=O) groups is 4. The van der Waals surface area contributed by atoms with Gasteiger partial charge in [-0.05, 0) is 89.1 Å². The number of halogens is 4. The Hall–Kier alpha value is -4.44. The quantitative estimate of drug-likeness (QED) is 0.0690. The molecule has 0 bridgehead atoms. The molecule has 46 heavy (non-hydrogen) atoms. The Morgan fingerprint density at radius 2 is 1.59 bits per heavy atom. The molecule has 5 aromatic rings. The smallest absolute Gasteiger partial charge is 0.339 e. The van der Waals surface area contributed by atoms with Crippen molar-refractivity contribution in [3.05, 3.63) is 128 Å². The topological polar surface area (TPSA) is 93.6 Å². The lowest BCUT2D eigenvalue weighted by Crippen LogP contribution is -2.29. The summed E-state index contributed by atoms with van der Waals surface area (Å²) in [5.41, 5.74) is 3.33. The fourth-order valence-corrected chi connectivity index (χ4v) is 6.19. The van der Waals surface area contributed by atoms with Gasteiger partial charge in [0.1, 0.15) is 5.82 Å². The molecule has 1 unspecified atom stereocenters. The summed E-state index contributed by atoms with van der Waals surface area (Å²) in [6, 6.07) is 21.4. The Labute approximate surface area is 281 Å². The van der Waals surface area contributed by atoms with E-state index in [1.807, 2.05) is 0 Å². The van der Waals surface area contributed by atoms with Crippen LogP contribution in [0.5, 0.6) is 0 Å². The minimum atomic E-state index is -1.22. The Balaban J connectivity index is 1.38. The van der Waals surface area contributed by atoms with E-state index in [0.29, 0.717) is 54.0 Å². The number of fused-ring (bicyclic) bond motifs is 2. The Morgan fingerprint density at radius 1 is 0.957 bits per heavy atom. The summed E-state index contributed by atoms with van der Waals surface area (Å²) in [4.78, 5) is 58.9. The highest BCUT2D eigenvalue weighted by molar-refractivity contribution is 9.10. The zero-order chi connectivity index (χ0) is 32.7. The van der Waals surface area contributed by atoms with Crippen LogP contribution in [0.25, 0.3) is 22.2 Å². The van der Waals surface area contributed by atoms with Gasteiger partial charge in [0.05, 0.1) is 38.6 Å². The SMILES string of the molecule is Cc1c(Cl)c(Br)cc2c(C(=O)OC(CCCl)C(=O)c3ccc(F)cc3)cc(-c3ccc(N4C(=O)c5ccccc5C4=O)cc3)nc12. The highest BCUT2D eigenvalue weighted by Gasteiger charge is 2.36. The molecule has 1 aliphatic rings. The van der Waals surface area contributed by atoms with Crippen molar-refractivity contribution < 1.29 is 28.3 Å². The van der Waals surface area contributed by atoms with Crippen molar-refractivity contribution in [2.75, 3.05) is 10.8 Å². The van der Waals surface area contributed by atoms with Gasteiger partial charge in [0.2, 0.25) is 5.78 Å². The molecule has 0 radical (unpaired) electrons. The maximum atomic E-state index is 13.8. The molecule has 7 nitrogen and oxygen atoms in total. The number of benzene rings is 4. The number of ketones is 1. The van der Waals surface area contributed by atoms with Gasteiger partial charge in [-0.1, -0.05) is 35.9 Å². The number of aromatic nitrogens is 1. The number of anilines is 1. The van der Waals surface area contributed by atoms with Gasteiger partial charge in [-0.3, -0.25) is 14.4 Å². The van der Waals surface area contributed by atoms with E-state index in [1.165, 1.54) is 12.1 Å². The van der Waals surface area contributed by atoms with Crippen molar-refractivity contribution in [2.45, 2.75) is 19.4 Å². The lowest BCUT2D eigenvalue weighted by Gasteiger charge is -2.18. The van der Waals surface area contributed by atoms with Gasteiger partial charge in [-0.25, -0.2) is 19.1 Å². The normalized spacial score (nSPS) is 13.2. The van der Waals surface area contributed by atoms with Crippen molar-refractivity contribution in [3.63, 3.8) is 0 Å². The van der Waals surface area contributed by atoms with Crippen molar-refractivity contribution >= 4 is 79.3 Å². The third-order valence-corrected chi connectivity index (χ3v) is 9.26. The molecule has 4 aromatic carbocycles. The van der Waals surface area contributed by atoms with E-state index in [4.69, 9.17) is 32.9 Å². The van der Waals surface area contributed by atoms with Gasteiger partial charge in [0.25, 0.3) is 11.8 Å².